The van der Waals surface area contributed by atoms with Crippen LogP contribution in [0.5, 0.6) is 0 Å². The van der Waals surface area contributed by atoms with Crippen LogP contribution in [0.1, 0.15) is 40.0 Å². The van der Waals surface area contributed by atoms with Crippen molar-refractivity contribution >= 4 is 0 Å². The first-order chi connectivity index (χ1) is 5.98. The van der Waals surface area contributed by atoms with Gasteiger partial charge in [0.1, 0.15) is 0 Å². The molecule has 76 valence electrons. The molecule has 0 aromatic rings. The molecule has 1 aliphatic carbocycles. The minimum Gasteiger partial charge on any atom is -0.376 e. The highest BCUT2D eigenvalue weighted by Crippen LogP contribution is 2.49. The molecule has 3 unspecified atom stereocenters. The number of hydrogen-bond acceptors (Lipinski definition) is 2. The van der Waals surface area contributed by atoms with Gasteiger partial charge < -0.3 is 9.47 Å². The lowest BCUT2D eigenvalue weighted by Crippen LogP contribution is -2.43. The number of methoxy groups -OCH3 is 1. The highest BCUT2D eigenvalue weighted by atomic mass is 16.6. The molecule has 2 bridgehead atoms. The van der Waals surface area contributed by atoms with Crippen molar-refractivity contribution in [2.24, 2.45) is 5.92 Å². The second-order valence-electron chi connectivity index (χ2n) is 5.20. The van der Waals surface area contributed by atoms with Crippen molar-refractivity contribution < 1.29 is 9.47 Å². The average Bonchev–Trinajstić information content (AvgIpc) is 2.33. The van der Waals surface area contributed by atoms with Crippen molar-refractivity contribution in [1.82, 2.24) is 0 Å². The van der Waals surface area contributed by atoms with Gasteiger partial charge >= 0.3 is 0 Å². The predicted octanol–water partition coefficient (Wildman–Crippen LogP) is 2.37. The third-order valence-corrected chi connectivity index (χ3v) is 4.06. The smallest absolute Gasteiger partial charge is 0.0911 e. The van der Waals surface area contributed by atoms with E-state index in [1.165, 1.54) is 12.8 Å². The zero-order valence-electron chi connectivity index (χ0n) is 9.09. The van der Waals surface area contributed by atoms with Gasteiger partial charge in [0.05, 0.1) is 17.3 Å². The van der Waals surface area contributed by atoms with Gasteiger partial charge in [0, 0.05) is 7.11 Å². The van der Waals surface area contributed by atoms with E-state index in [-0.39, 0.29) is 11.2 Å². The second kappa shape index (κ2) is 2.71. The Morgan fingerprint density at radius 3 is 2.62 bits per heavy atom. The summed E-state index contributed by atoms with van der Waals surface area (Å²) >= 11 is 0. The molecule has 0 amide bonds. The van der Waals surface area contributed by atoms with E-state index >= 15 is 0 Å². The first kappa shape index (κ1) is 9.47. The fourth-order valence-corrected chi connectivity index (χ4v) is 2.75. The Balaban J connectivity index is 2.19. The zero-order valence-corrected chi connectivity index (χ0v) is 9.09. The Morgan fingerprint density at radius 1 is 1.31 bits per heavy atom. The molecule has 1 saturated heterocycles. The minimum absolute atomic E-state index is 0.0374. The molecular weight excluding hydrogens is 164 g/mol. The quantitative estimate of drug-likeness (QED) is 0.623. The molecule has 2 aliphatic rings. The number of fused-ring (bicyclic) bond motifs is 2. The van der Waals surface area contributed by atoms with Crippen LogP contribution in [-0.2, 0) is 9.47 Å². The molecule has 2 heteroatoms. The molecule has 1 saturated carbocycles. The summed E-state index contributed by atoms with van der Waals surface area (Å²) in [7, 11) is 1.80. The molecule has 3 atom stereocenters. The van der Waals surface area contributed by atoms with Gasteiger partial charge in [-0.2, -0.15) is 0 Å². The summed E-state index contributed by atoms with van der Waals surface area (Å²) in [6, 6.07) is 0. The van der Waals surface area contributed by atoms with Crippen molar-refractivity contribution in [3.05, 3.63) is 0 Å². The molecule has 0 N–H and O–H groups in total. The Kier molecular flexibility index (Phi) is 1.97. The molecule has 1 heterocycles. The third kappa shape index (κ3) is 1.31. The van der Waals surface area contributed by atoms with E-state index < -0.39 is 0 Å². The second-order valence-corrected chi connectivity index (χ2v) is 5.20. The maximum absolute atomic E-state index is 6.05. The third-order valence-electron chi connectivity index (χ3n) is 4.06. The lowest BCUT2D eigenvalue weighted by Gasteiger charge is -2.36. The molecular formula is C11H20O2. The van der Waals surface area contributed by atoms with Gasteiger partial charge in [-0.05, 0) is 46.0 Å². The summed E-state index contributed by atoms with van der Waals surface area (Å²) in [6.45, 7) is 6.59. The molecule has 0 radical (unpaired) electrons. The first-order valence-electron chi connectivity index (χ1n) is 5.21. The van der Waals surface area contributed by atoms with Gasteiger partial charge in [0.25, 0.3) is 0 Å². The molecule has 0 spiro atoms. The Labute approximate surface area is 80.6 Å². The van der Waals surface area contributed by atoms with Crippen LogP contribution in [0.2, 0.25) is 0 Å². The maximum atomic E-state index is 6.05. The molecule has 2 rings (SSSR count). The van der Waals surface area contributed by atoms with E-state index in [9.17, 15) is 0 Å². The summed E-state index contributed by atoms with van der Waals surface area (Å²) in [5.41, 5.74) is 0.0330. The van der Waals surface area contributed by atoms with E-state index in [0.29, 0.717) is 6.10 Å². The van der Waals surface area contributed by atoms with Crippen molar-refractivity contribution in [3.63, 3.8) is 0 Å². The summed E-state index contributed by atoms with van der Waals surface area (Å²) in [5, 5.41) is 0. The monoisotopic (exact) mass is 184 g/mol. The lowest BCUT2D eigenvalue weighted by atomic mass is 9.75. The Morgan fingerprint density at radius 2 is 2.00 bits per heavy atom. The predicted molar refractivity (Wildman–Crippen MR) is 51.7 cm³/mol. The number of hydrogen-bond donors (Lipinski definition) is 0. The highest BCUT2D eigenvalue weighted by Gasteiger charge is 2.53. The summed E-state index contributed by atoms with van der Waals surface area (Å²) in [5.74, 6) is 0.737. The Bertz CT molecular complexity index is 212. The minimum atomic E-state index is -0.0374. The summed E-state index contributed by atoms with van der Waals surface area (Å²) < 4.78 is 11.6. The van der Waals surface area contributed by atoms with Crippen molar-refractivity contribution in [2.75, 3.05) is 7.11 Å². The van der Waals surface area contributed by atoms with E-state index in [2.05, 4.69) is 20.8 Å². The standard InChI is InChI=1S/C11H20O2/c1-10(2)8-5-6-11(3,12-4)9(7-8)13-10/h8-9H,5-7H2,1-4H3. The van der Waals surface area contributed by atoms with Crippen LogP contribution in [0.3, 0.4) is 0 Å². The molecule has 0 aromatic heterocycles. The van der Waals surface area contributed by atoms with Crippen molar-refractivity contribution in [1.29, 1.82) is 0 Å². The van der Waals surface area contributed by atoms with E-state index in [1.807, 2.05) is 0 Å². The molecule has 2 fully saturated rings. The summed E-state index contributed by atoms with van der Waals surface area (Å²) in [6.07, 6.45) is 3.87. The zero-order chi connectivity index (χ0) is 9.69. The van der Waals surface area contributed by atoms with Gasteiger partial charge in [-0.15, -0.1) is 0 Å². The van der Waals surface area contributed by atoms with Crippen LogP contribution in [0.4, 0.5) is 0 Å². The van der Waals surface area contributed by atoms with Gasteiger partial charge in [0.15, 0.2) is 0 Å². The molecule has 1 aliphatic heterocycles. The fraction of sp³-hybridized carbons (Fsp3) is 1.00. The van der Waals surface area contributed by atoms with E-state index in [0.717, 1.165) is 12.3 Å². The first-order valence-corrected chi connectivity index (χ1v) is 5.21. The van der Waals surface area contributed by atoms with Crippen LogP contribution in [-0.4, -0.2) is 24.4 Å². The topological polar surface area (TPSA) is 18.5 Å². The van der Waals surface area contributed by atoms with Crippen LogP contribution < -0.4 is 0 Å². The Hall–Kier alpha value is -0.0800. The number of rotatable bonds is 1. The van der Waals surface area contributed by atoms with Crippen LogP contribution in [0.15, 0.2) is 0 Å². The van der Waals surface area contributed by atoms with Crippen LogP contribution >= 0.6 is 0 Å². The number of ether oxygens (including phenoxy) is 2. The average molecular weight is 184 g/mol. The van der Waals surface area contributed by atoms with E-state index in [4.69, 9.17) is 9.47 Å². The normalized spacial score (nSPS) is 48.0. The van der Waals surface area contributed by atoms with Crippen LogP contribution in [0, 0.1) is 5.92 Å². The fourth-order valence-electron chi connectivity index (χ4n) is 2.75. The molecule has 0 aromatic carbocycles. The SMILES string of the molecule is COC1(C)CCC2CC1OC2(C)C. The van der Waals surface area contributed by atoms with Crippen LogP contribution in [0.25, 0.3) is 0 Å². The van der Waals surface area contributed by atoms with Gasteiger partial charge in [0.2, 0.25) is 0 Å². The van der Waals surface area contributed by atoms with Gasteiger partial charge in [-0.3, -0.25) is 0 Å². The van der Waals surface area contributed by atoms with Crippen molar-refractivity contribution in [2.45, 2.75) is 57.3 Å². The lowest BCUT2D eigenvalue weighted by molar-refractivity contribution is -0.130. The maximum Gasteiger partial charge on any atom is 0.0911 e. The van der Waals surface area contributed by atoms with Gasteiger partial charge in [-0.1, -0.05) is 0 Å². The summed E-state index contributed by atoms with van der Waals surface area (Å²) in [4.78, 5) is 0. The highest BCUT2D eigenvalue weighted by molar-refractivity contribution is 5.02. The van der Waals surface area contributed by atoms with E-state index in [1.54, 1.807) is 7.11 Å². The van der Waals surface area contributed by atoms with Crippen molar-refractivity contribution in [3.8, 4) is 0 Å². The van der Waals surface area contributed by atoms with Gasteiger partial charge in [-0.25, -0.2) is 0 Å². The largest absolute Gasteiger partial charge is 0.376 e. The molecule has 13 heavy (non-hydrogen) atoms. The molecule has 2 nitrogen and oxygen atoms in total.